The highest BCUT2D eigenvalue weighted by Crippen LogP contribution is 2.22. The highest BCUT2D eigenvalue weighted by molar-refractivity contribution is 5.79. The van der Waals surface area contributed by atoms with E-state index in [1.807, 2.05) is 6.07 Å². The topological polar surface area (TPSA) is 68.6 Å². The molecule has 5 nitrogen and oxygen atoms in total. The summed E-state index contributed by atoms with van der Waals surface area (Å²) in [5.74, 6) is 0.685. The van der Waals surface area contributed by atoms with Crippen LogP contribution in [0.4, 0.5) is 0 Å². The Balaban J connectivity index is 2.67. The number of rotatable bonds is 6. The summed E-state index contributed by atoms with van der Waals surface area (Å²) in [4.78, 5) is 11.7. The predicted octanol–water partition coefficient (Wildman–Crippen LogP) is 2.31. The van der Waals surface area contributed by atoms with E-state index in [1.54, 1.807) is 45.0 Å². The lowest BCUT2D eigenvalue weighted by atomic mass is 10.1. The minimum atomic E-state index is -1.05. The first-order chi connectivity index (χ1) is 8.99. The SMILES string of the molecule is CCOC(=O)C(C)(C)Oc1ccc(OCC#N)cc1. The fourth-order valence-corrected chi connectivity index (χ4v) is 1.36. The first kappa shape index (κ1) is 14.8. The maximum atomic E-state index is 11.7. The van der Waals surface area contributed by atoms with Gasteiger partial charge in [0.05, 0.1) is 6.61 Å². The van der Waals surface area contributed by atoms with E-state index in [0.29, 0.717) is 18.1 Å². The minimum absolute atomic E-state index is 0.00543. The quantitative estimate of drug-likeness (QED) is 0.737. The van der Waals surface area contributed by atoms with Crippen molar-refractivity contribution in [3.63, 3.8) is 0 Å². The van der Waals surface area contributed by atoms with E-state index < -0.39 is 11.6 Å². The van der Waals surface area contributed by atoms with Crippen molar-refractivity contribution in [2.24, 2.45) is 0 Å². The van der Waals surface area contributed by atoms with Crippen LogP contribution in [0.3, 0.4) is 0 Å². The first-order valence-electron chi connectivity index (χ1n) is 5.95. The van der Waals surface area contributed by atoms with Crippen molar-refractivity contribution in [2.45, 2.75) is 26.4 Å². The zero-order valence-corrected chi connectivity index (χ0v) is 11.3. The molecular formula is C14H17NO4. The Hall–Kier alpha value is -2.22. The number of benzene rings is 1. The molecule has 0 spiro atoms. The molecule has 1 aromatic carbocycles. The summed E-state index contributed by atoms with van der Waals surface area (Å²) in [6, 6.07) is 8.58. The maximum absolute atomic E-state index is 11.7. The lowest BCUT2D eigenvalue weighted by molar-refractivity contribution is -0.158. The number of esters is 1. The van der Waals surface area contributed by atoms with Gasteiger partial charge < -0.3 is 14.2 Å². The van der Waals surface area contributed by atoms with Gasteiger partial charge in [-0.15, -0.1) is 0 Å². The number of nitrogens with zero attached hydrogens (tertiary/aromatic N) is 1. The monoisotopic (exact) mass is 263 g/mol. The second-order valence-corrected chi connectivity index (χ2v) is 4.25. The molecule has 0 saturated heterocycles. The fourth-order valence-electron chi connectivity index (χ4n) is 1.36. The highest BCUT2D eigenvalue weighted by Gasteiger charge is 2.31. The summed E-state index contributed by atoms with van der Waals surface area (Å²) >= 11 is 0. The molecule has 0 saturated carbocycles. The van der Waals surface area contributed by atoms with E-state index in [1.165, 1.54) is 0 Å². The van der Waals surface area contributed by atoms with Gasteiger partial charge in [-0.25, -0.2) is 4.79 Å². The summed E-state index contributed by atoms with van der Waals surface area (Å²) in [6.45, 7) is 5.34. The molecule has 19 heavy (non-hydrogen) atoms. The average molecular weight is 263 g/mol. The van der Waals surface area contributed by atoms with Crippen LogP contribution in [0.2, 0.25) is 0 Å². The Kier molecular flexibility index (Phi) is 5.19. The van der Waals surface area contributed by atoms with E-state index in [4.69, 9.17) is 19.5 Å². The van der Waals surface area contributed by atoms with Gasteiger partial charge in [0.1, 0.15) is 17.6 Å². The zero-order chi connectivity index (χ0) is 14.3. The molecule has 5 heteroatoms. The van der Waals surface area contributed by atoms with Crippen LogP contribution in [0.25, 0.3) is 0 Å². The summed E-state index contributed by atoms with van der Waals surface area (Å²) in [5, 5.41) is 8.40. The largest absolute Gasteiger partial charge is 0.479 e. The Morgan fingerprint density at radius 1 is 1.26 bits per heavy atom. The average Bonchev–Trinajstić information content (AvgIpc) is 2.38. The van der Waals surface area contributed by atoms with Gasteiger partial charge in [0, 0.05) is 0 Å². The molecule has 0 unspecified atom stereocenters. The van der Waals surface area contributed by atoms with Crippen molar-refractivity contribution in [1.29, 1.82) is 5.26 Å². The maximum Gasteiger partial charge on any atom is 0.349 e. The minimum Gasteiger partial charge on any atom is -0.479 e. The van der Waals surface area contributed by atoms with Crippen LogP contribution in [0.1, 0.15) is 20.8 Å². The molecule has 0 radical (unpaired) electrons. The lowest BCUT2D eigenvalue weighted by Gasteiger charge is -2.24. The highest BCUT2D eigenvalue weighted by atomic mass is 16.6. The fraction of sp³-hybridized carbons (Fsp3) is 0.429. The van der Waals surface area contributed by atoms with Crippen molar-refractivity contribution in [3.8, 4) is 17.6 Å². The molecule has 0 bridgehead atoms. The van der Waals surface area contributed by atoms with Gasteiger partial charge >= 0.3 is 5.97 Å². The van der Waals surface area contributed by atoms with Crippen molar-refractivity contribution in [2.75, 3.05) is 13.2 Å². The normalized spacial score (nSPS) is 10.4. The van der Waals surface area contributed by atoms with Gasteiger partial charge in [-0.1, -0.05) is 0 Å². The molecule has 102 valence electrons. The summed E-state index contributed by atoms with van der Waals surface area (Å²) in [7, 11) is 0. The number of nitriles is 1. The Morgan fingerprint density at radius 2 is 1.84 bits per heavy atom. The molecule has 1 aromatic rings. The second kappa shape index (κ2) is 6.64. The van der Waals surface area contributed by atoms with E-state index >= 15 is 0 Å². The van der Waals surface area contributed by atoms with Crippen LogP contribution in [-0.2, 0) is 9.53 Å². The number of hydrogen-bond acceptors (Lipinski definition) is 5. The molecule has 1 rings (SSSR count). The van der Waals surface area contributed by atoms with E-state index in [2.05, 4.69) is 0 Å². The van der Waals surface area contributed by atoms with Crippen molar-refractivity contribution >= 4 is 5.97 Å². The first-order valence-corrected chi connectivity index (χ1v) is 5.95. The molecule has 0 aliphatic carbocycles. The van der Waals surface area contributed by atoms with Crippen LogP contribution in [-0.4, -0.2) is 24.8 Å². The van der Waals surface area contributed by atoms with Crippen LogP contribution in [0.15, 0.2) is 24.3 Å². The van der Waals surface area contributed by atoms with Crippen molar-refractivity contribution in [1.82, 2.24) is 0 Å². The number of hydrogen-bond donors (Lipinski definition) is 0. The van der Waals surface area contributed by atoms with Gasteiger partial charge in [-0.2, -0.15) is 5.26 Å². The Morgan fingerprint density at radius 3 is 2.37 bits per heavy atom. The summed E-state index contributed by atoms with van der Waals surface area (Å²) < 4.78 is 15.6. The number of ether oxygens (including phenoxy) is 3. The van der Waals surface area contributed by atoms with Gasteiger partial charge in [0.15, 0.2) is 12.2 Å². The van der Waals surface area contributed by atoms with Crippen LogP contribution < -0.4 is 9.47 Å². The van der Waals surface area contributed by atoms with Crippen molar-refractivity contribution in [3.05, 3.63) is 24.3 Å². The smallest absolute Gasteiger partial charge is 0.349 e. The molecule has 0 heterocycles. The molecule has 0 fully saturated rings. The molecule has 0 N–H and O–H groups in total. The summed E-state index contributed by atoms with van der Waals surface area (Å²) in [5.41, 5.74) is -1.05. The Labute approximate surface area is 112 Å². The number of carbonyl (C=O) groups is 1. The van der Waals surface area contributed by atoms with Crippen LogP contribution in [0.5, 0.6) is 11.5 Å². The summed E-state index contributed by atoms with van der Waals surface area (Å²) in [6.07, 6.45) is 0. The molecule has 0 atom stereocenters. The van der Waals surface area contributed by atoms with Crippen molar-refractivity contribution < 1.29 is 19.0 Å². The standard InChI is InChI=1S/C14H17NO4/c1-4-17-13(16)14(2,3)19-12-7-5-11(6-8-12)18-10-9-15/h5-8H,4,10H2,1-3H3. The van der Waals surface area contributed by atoms with Gasteiger partial charge in [0.2, 0.25) is 0 Å². The third-order valence-electron chi connectivity index (χ3n) is 2.27. The van der Waals surface area contributed by atoms with Crippen LogP contribution in [0, 0.1) is 11.3 Å². The molecule has 0 amide bonds. The van der Waals surface area contributed by atoms with Gasteiger partial charge in [-0.05, 0) is 45.0 Å². The third-order valence-corrected chi connectivity index (χ3v) is 2.27. The van der Waals surface area contributed by atoms with Crippen LogP contribution >= 0.6 is 0 Å². The lowest BCUT2D eigenvalue weighted by Crippen LogP contribution is -2.39. The molecule has 0 aromatic heterocycles. The van der Waals surface area contributed by atoms with Gasteiger partial charge in [0.25, 0.3) is 0 Å². The second-order valence-electron chi connectivity index (χ2n) is 4.25. The van der Waals surface area contributed by atoms with E-state index in [0.717, 1.165) is 0 Å². The molecule has 0 aliphatic heterocycles. The van der Waals surface area contributed by atoms with E-state index in [-0.39, 0.29) is 6.61 Å². The van der Waals surface area contributed by atoms with Gasteiger partial charge in [-0.3, -0.25) is 0 Å². The molecule has 0 aliphatic rings. The zero-order valence-electron chi connectivity index (χ0n) is 11.3. The predicted molar refractivity (Wildman–Crippen MR) is 68.9 cm³/mol. The van der Waals surface area contributed by atoms with E-state index in [9.17, 15) is 4.79 Å². The molecular weight excluding hydrogens is 246 g/mol. The Bertz CT molecular complexity index is 459. The third kappa shape index (κ3) is 4.51. The number of carbonyl (C=O) groups excluding carboxylic acids is 1.